The van der Waals surface area contributed by atoms with E-state index in [1.165, 1.54) is 12.1 Å². The van der Waals surface area contributed by atoms with Gasteiger partial charge in [0, 0.05) is 23.8 Å². The van der Waals surface area contributed by atoms with Crippen LogP contribution in [-0.4, -0.2) is 18.0 Å². The van der Waals surface area contributed by atoms with Gasteiger partial charge in [-0.2, -0.15) is 13.2 Å². The van der Waals surface area contributed by atoms with E-state index >= 15 is 0 Å². The van der Waals surface area contributed by atoms with Crippen molar-refractivity contribution in [3.05, 3.63) is 101 Å². The van der Waals surface area contributed by atoms with Crippen molar-refractivity contribution in [3.8, 4) is 11.5 Å². The molecule has 3 nitrogen and oxygen atoms in total. The van der Waals surface area contributed by atoms with Crippen molar-refractivity contribution in [2.45, 2.75) is 19.1 Å². The Bertz CT molecular complexity index is 1100. The van der Waals surface area contributed by atoms with Gasteiger partial charge >= 0.3 is 6.18 Å². The van der Waals surface area contributed by atoms with Gasteiger partial charge in [0.2, 0.25) is 0 Å². The van der Waals surface area contributed by atoms with E-state index < -0.39 is 11.7 Å². The Labute approximate surface area is 190 Å². The molecule has 166 valence electrons. The van der Waals surface area contributed by atoms with Crippen LogP contribution in [0.5, 0.6) is 11.5 Å². The maximum absolute atomic E-state index is 13.3. The number of anilines is 1. The Morgan fingerprint density at radius 1 is 1.00 bits per heavy atom. The first-order valence-electron chi connectivity index (χ1n) is 10.2. The Morgan fingerprint density at radius 3 is 2.22 bits per heavy atom. The Morgan fingerprint density at radius 2 is 1.62 bits per heavy atom. The molecule has 1 unspecified atom stereocenters. The van der Waals surface area contributed by atoms with Crippen LogP contribution in [0.25, 0.3) is 0 Å². The summed E-state index contributed by atoms with van der Waals surface area (Å²) < 4.78 is 45.7. The lowest BCUT2D eigenvalue weighted by atomic mass is 10.0. The first-order valence-corrected chi connectivity index (χ1v) is 10.6. The molecular weight excluding hydrogens is 437 g/mol. The third-order valence-electron chi connectivity index (χ3n) is 5.49. The molecule has 1 atom stereocenters. The van der Waals surface area contributed by atoms with Gasteiger partial charge in [0.05, 0.1) is 11.6 Å². The minimum absolute atomic E-state index is 0.284. The van der Waals surface area contributed by atoms with Gasteiger partial charge in [-0.1, -0.05) is 30.3 Å². The highest BCUT2D eigenvalue weighted by Crippen LogP contribution is 2.40. The minimum atomic E-state index is -4.39. The molecule has 1 saturated heterocycles. The number of ether oxygens (including phenoxy) is 1. The lowest BCUT2D eigenvalue weighted by Gasteiger charge is -2.27. The summed E-state index contributed by atoms with van der Waals surface area (Å²) >= 11 is 5.91. The second kappa shape index (κ2) is 8.79. The Hall–Kier alpha value is -3.12. The first kappa shape index (κ1) is 22.1. The molecule has 0 spiro atoms. The SMILES string of the molecule is C=C1N(CC)CC(c2cccc(C(F)(F)F)c2)N1c1ccc(Oc2ccc(Cl)cc2)cc1. The molecule has 32 heavy (non-hydrogen) atoms. The summed E-state index contributed by atoms with van der Waals surface area (Å²) in [6.45, 7) is 7.46. The number of rotatable bonds is 5. The maximum atomic E-state index is 13.3. The molecule has 7 heteroatoms. The fourth-order valence-electron chi connectivity index (χ4n) is 3.86. The number of hydrogen-bond donors (Lipinski definition) is 0. The van der Waals surface area contributed by atoms with Crippen LogP contribution in [0.3, 0.4) is 0 Å². The molecule has 0 radical (unpaired) electrons. The average Bonchev–Trinajstić information content (AvgIpc) is 3.12. The zero-order valence-electron chi connectivity index (χ0n) is 17.4. The summed E-state index contributed by atoms with van der Waals surface area (Å²) in [5, 5.41) is 0.626. The molecule has 1 heterocycles. The highest BCUT2D eigenvalue weighted by Gasteiger charge is 2.36. The van der Waals surface area contributed by atoms with Crippen LogP contribution >= 0.6 is 11.6 Å². The zero-order valence-corrected chi connectivity index (χ0v) is 18.2. The topological polar surface area (TPSA) is 15.7 Å². The minimum Gasteiger partial charge on any atom is -0.457 e. The van der Waals surface area contributed by atoms with Gasteiger partial charge in [-0.15, -0.1) is 0 Å². The molecule has 0 aromatic heterocycles. The highest BCUT2D eigenvalue weighted by atomic mass is 35.5. The molecular formula is C25H22ClF3N2O. The molecule has 4 rings (SSSR count). The van der Waals surface area contributed by atoms with Gasteiger partial charge in [-0.05, 0) is 73.2 Å². The van der Waals surface area contributed by atoms with Crippen LogP contribution in [0.4, 0.5) is 18.9 Å². The smallest absolute Gasteiger partial charge is 0.416 e. The normalized spacial score (nSPS) is 16.5. The molecule has 0 bridgehead atoms. The van der Waals surface area contributed by atoms with Crippen LogP contribution in [0.2, 0.25) is 5.02 Å². The average molecular weight is 459 g/mol. The lowest BCUT2D eigenvalue weighted by molar-refractivity contribution is -0.137. The summed E-state index contributed by atoms with van der Waals surface area (Å²) in [5.41, 5.74) is 0.775. The van der Waals surface area contributed by atoms with E-state index in [1.54, 1.807) is 30.3 Å². The highest BCUT2D eigenvalue weighted by molar-refractivity contribution is 6.30. The van der Waals surface area contributed by atoms with Crippen molar-refractivity contribution >= 4 is 17.3 Å². The van der Waals surface area contributed by atoms with E-state index in [1.807, 2.05) is 36.1 Å². The van der Waals surface area contributed by atoms with Gasteiger partial charge in [-0.25, -0.2) is 0 Å². The van der Waals surface area contributed by atoms with Crippen LogP contribution in [0.15, 0.2) is 85.2 Å². The summed E-state index contributed by atoms with van der Waals surface area (Å²) in [5.74, 6) is 2.05. The lowest BCUT2D eigenvalue weighted by Crippen LogP contribution is -2.23. The van der Waals surface area contributed by atoms with Crippen molar-refractivity contribution in [1.29, 1.82) is 0 Å². The molecule has 0 saturated carbocycles. The van der Waals surface area contributed by atoms with Crippen molar-refractivity contribution in [1.82, 2.24) is 4.90 Å². The van der Waals surface area contributed by atoms with Gasteiger partial charge < -0.3 is 14.5 Å². The third-order valence-corrected chi connectivity index (χ3v) is 5.74. The molecule has 1 fully saturated rings. The van der Waals surface area contributed by atoms with E-state index in [0.29, 0.717) is 35.2 Å². The zero-order chi connectivity index (χ0) is 22.9. The molecule has 3 aromatic rings. The molecule has 3 aromatic carbocycles. The molecule has 1 aliphatic heterocycles. The Balaban J connectivity index is 1.62. The van der Waals surface area contributed by atoms with Crippen LogP contribution < -0.4 is 9.64 Å². The molecule has 0 amide bonds. The van der Waals surface area contributed by atoms with E-state index in [2.05, 4.69) is 11.5 Å². The quantitative estimate of drug-likeness (QED) is 0.393. The van der Waals surface area contributed by atoms with E-state index in [4.69, 9.17) is 16.3 Å². The van der Waals surface area contributed by atoms with Gasteiger partial charge in [0.25, 0.3) is 0 Å². The van der Waals surface area contributed by atoms with Crippen LogP contribution in [0.1, 0.15) is 24.1 Å². The third kappa shape index (κ3) is 4.55. The summed E-state index contributed by atoms with van der Waals surface area (Å²) in [6.07, 6.45) is -4.39. The second-order valence-corrected chi connectivity index (χ2v) is 7.95. The van der Waals surface area contributed by atoms with Crippen molar-refractivity contribution < 1.29 is 17.9 Å². The monoisotopic (exact) mass is 458 g/mol. The van der Waals surface area contributed by atoms with Gasteiger partial charge in [0.1, 0.15) is 17.3 Å². The van der Waals surface area contributed by atoms with Crippen molar-refractivity contribution in [2.75, 3.05) is 18.0 Å². The second-order valence-electron chi connectivity index (χ2n) is 7.51. The van der Waals surface area contributed by atoms with E-state index in [0.717, 1.165) is 17.6 Å². The standard InChI is InChI=1S/C25H22ClF3N2O/c1-3-30-16-24(18-5-4-6-19(15-18)25(27,28)29)31(17(30)2)21-9-13-23(14-10-21)32-22-11-7-20(26)8-12-22/h4-15,24H,2-3,16H2,1H3. The molecule has 0 N–H and O–H groups in total. The van der Waals surface area contributed by atoms with Crippen molar-refractivity contribution in [2.24, 2.45) is 0 Å². The number of likely N-dealkylation sites (N-methyl/N-ethyl adjacent to an activating group) is 1. The maximum Gasteiger partial charge on any atom is 0.416 e. The fraction of sp³-hybridized carbons (Fsp3) is 0.200. The van der Waals surface area contributed by atoms with E-state index in [-0.39, 0.29) is 6.04 Å². The summed E-state index contributed by atoms with van der Waals surface area (Å²) in [6, 6.07) is 19.7. The number of alkyl halides is 3. The predicted octanol–water partition coefficient (Wildman–Crippen LogP) is 7.51. The van der Waals surface area contributed by atoms with Crippen LogP contribution in [-0.2, 0) is 6.18 Å². The number of halogens is 4. The van der Waals surface area contributed by atoms with Gasteiger partial charge in [0.15, 0.2) is 0 Å². The Kier molecular flexibility index (Phi) is 6.07. The van der Waals surface area contributed by atoms with Gasteiger partial charge in [-0.3, -0.25) is 0 Å². The largest absolute Gasteiger partial charge is 0.457 e. The number of hydrogen-bond acceptors (Lipinski definition) is 3. The number of benzene rings is 3. The van der Waals surface area contributed by atoms with E-state index in [9.17, 15) is 13.2 Å². The number of nitrogens with zero attached hydrogens (tertiary/aromatic N) is 2. The van der Waals surface area contributed by atoms with Crippen molar-refractivity contribution in [3.63, 3.8) is 0 Å². The summed E-state index contributed by atoms with van der Waals surface area (Å²) in [4.78, 5) is 4.04. The first-order chi connectivity index (χ1) is 15.3. The summed E-state index contributed by atoms with van der Waals surface area (Å²) in [7, 11) is 0. The van der Waals surface area contributed by atoms with Crippen LogP contribution in [0, 0.1) is 0 Å². The molecule has 1 aliphatic rings. The predicted molar refractivity (Wildman–Crippen MR) is 121 cm³/mol. The fourth-order valence-corrected chi connectivity index (χ4v) is 3.98. The molecule has 0 aliphatic carbocycles.